The molecule has 3 rings (SSSR count). The molecule has 3 heterocycles. The minimum Gasteiger partial charge on any atom is -0.454 e. The maximum Gasteiger partial charge on any atom is 0.331 e. The fourth-order valence-electron chi connectivity index (χ4n) is 2.45. The third-order valence-electron chi connectivity index (χ3n) is 3.67. The van der Waals surface area contributed by atoms with Crippen molar-refractivity contribution in [1.29, 1.82) is 0 Å². The maximum atomic E-state index is 11.9. The van der Waals surface area contributed by atoms with Crippen molar-refractivity contribution in [1.82, 2.24) is 9.55 Å². The summed E-state index contributed by atoms with van der Waals surface area (Å²) in [4.78, 5) is 28.6. The number of esters is 1. The SMILES string of the molecule is Cc1cc(/C=C/C(=O)OCC(=O)c2ccc(Cl)s2)c(C)n1-c1nccs1. The average Bonchev–Trinajstić information content (AvgIpc) is 3.32. The number of aryl methyl sites for hydroxylation is 1. The second kappa shape index (κ2) is 7.99. The Hall–Kier alpha value is -2.22. The minimum atomic E-state index is -0.569. The quantitative estimate of drug-likeness (QED) is 0.338. The number of carbonyl (C=O) groups is 2. The molecule has 0 fully saturated rings. The van der Waals surface area contributed by atoms with Crippen molar-refractivity contribution in [3.05, 3.63) is 62.0 Å². The van der Waals surface area contributed by atoms with E-state index in [0.717, 1.165) is 33.4 Å². The number of rotatable bonds is 6. The highest BCUT2D eigenvalue weighted by molar-refractivity contribution is 7.18. The van der Waals surface area contributed by atoms with Gasteiger partial charge in [-0.3, -0.25) is 9.36 Å². The van der Waals surface area contributed by atoms with E-state index >= 15 is 0 Å². The van der Waals surface area contributed by atoms with Crippen molar-refractivity contribution in [3.8, 4) is 5.13 Å². The molecule has 3 aromatic rings. The van der Waals surface area contributed by atoms with Gasteiger partial charge in [-0.2, -0.15) is 0 Å². The Bertz CT molecular complexity index is 971. The molecule has 8 heteroatoms. The van der Waals surface area contributed by atoms with E-state index in [1.807, 2.05) is 29.9 Å². The lowest BCUT2D eigenvalue weighted by Gasteiger charge is -2.04. The predicted molar refractivity (Wildman–Crippen MR) is 105 cm³/mol. The minimum absolute atomic E-state index is 0.273. The lowest BCUT2D eigenvalue weighted by molar-refractivity contribution is -0.136. The molecule has 0 N–H and O–H groups in total. The van der Waals surface area contributed by atoms with Gasteiger partial charge in [-0.1, -0.05) is 11.6 Å². The number of halogens is 1. The molecule has 134 valence electrons. The van der Waals surface area contributed by atoms with Crippen molar-refractivity contribution in [2.45, 2.75) is 13.8 Å². The summed E-state index contributed by atoms with van der Waals surface area (Å²) in [6, 6.07) is 5.23. The predicted octanol–water partition coefficient (Wildman–Crippen LogP) is 4.70. The number of nitrogens with zero attached hydrogens (tertiary/aromatic N) is 2. The molecule has 0 aliphatic carbocycles. The Morgan fingerprint density at radius 3 is 2.81 bits per heavy atom. The zero-order chi connectivity index (χ0) is 18.7. The van der Waals surface area contributed by atoms with E-state index in [1.54, 1.807) is 35.7 Å². The van der Waals surface area contributed by atoms with E-state index < -0.39 is 5.97 Å². The van der Waals surface area contributed by atoms with Crippen LogP contribution >= 0.6 is 34.3 Å². The van der Waals surface area contributed by atoms with Gasteiger partial charge in [0.1, 0.15) is 0 Å². The standard InChI is InChI=1S/C18H15ClN2O3S2/c1-11-9-13(12(2)21(11)18-20-7-8-25-18)3-6-17(23)24-10-14(22)15-4-5-16(19)26-15/h3-9H,10H2,1-2H3/b6-3+. The van der Waals surface area contributed by atoms with Crippen molar-refractivity contribution in [3.63, 3.8) is 0 Å². The second-order valence-electron chi connectivity index (χ2n) is 5.44. The van der Waals surface area contributed by atoms with Crippen LogP contribution in [0.5, 0.6) is 0 Å². The molecular formula is C18H15ClN2O3S2. The van der Waals surface area contributed by atoms with Crippen molar-refractivity contribution >= 4 is 52.1 Å². The molecule has 0 atom stereocenters. The fourth-order valence-corrected chi connectivity index (χ4v) is 4.17. The number of thiazole rings is 1. The molecular weight excluding hydrogens is 392 g/mol. The fraction of sp³-hybridized carbons (Fsp3) is 0.167. The van der Waals surface area contributed by atoms with Crippen LogP contribution in [-0.4, -0.2) is 27.9 Å². The summed E-state index contributed by atoms with van der Waals surface area (Å²) < 4.78 is 7.56. The topological polar surface area (TPSA) is 61.2 Å². The number of carbonyl (C=O) groups excluding carboxylic acids is 2. The molecule has 0 aromatic carbocycles. The molecule has 0 unspecified atom stereocenters. The monoisotopic (exact) mass is 406 g/mol. The first kappa shape index (κ1) is 18.6. The maximum absolute atomic E-state index is 11.9. The number of Topliss-reactive ketones (excluding diaryl/α,β-unsaturated/α-hetero) is 1. The molecule has 0 amide bonds. The molecule has 0 spiro atoms. The van der Waals surface area contributed by atoms with Crippen molar-refractivity contribution in [2.75, 3.05) is 6.61 Å². The van der Waals surface area contributed by atoms with Crippen LogP contribution < -0.4 is 0 Å². The Labute approximate surface area is 163 Å². The largest absolute Gasteiger partial charge is 0.454 e. The molecule has 0 radical (unpaired) electrons. The van der Waals surface area contributed by atoms with E-state index in [-0.39, 0.29) is 12.4 Å². The Morgan fingerprint density at radius 2 is 2.15 bits per heavy atom. The van der Waals surface area contributed by atoms with Gasteiger partial charge >= 0.3 is 5.97 Å². The Morgan fingerprint density at radius 1 is 1.35 bits per heavy atom. The highest BCUT2D eigenvalue weighted by Crippen LogP contribution is 2.23. The Balaban J connectivity index is 1.64. The molecule has 0 saturated heterocycles. The van der Waals surface area contributed by atoms with Crippen LogP contribution in [0.15, 0.2) is 35.9 Å². The zero-order valence-corrected chi connectivity index (χ0v) is 16.5. The number of thiophene rings is 1. The smallest absolute Gasteiger partial charge is 0.331 e. The number of hydrogen-bond acceptors (Lipinski definition) is 6. The summed E-state index contributed by atoms with van der Waals surface area (Å²) in [6.45, 7) is 3.64. The van der Waals surface area contributed by atoms with Gasteiger partial charge in [0.15, 0.2) is 11.7 Å². The van der Waals surface area contributed by atoms with Gasteiger partial charge in [0, 0.05) is 29.0 Å². The Kier molecular flexibility index (Phi) is 5.70. The van der Waals surface area contributed by atoms with Crippen LogP contribution in [0.1, 0.15) is 26.6 Å². The lowest BCUT2D eigenvalue weighted by Crippen LogP contribution is -2.11. The average molecular weight is 407 g/mol. The summed E-state index contributed by atoms with van der Waals surface area (Å²) in [5.74, 6) is -0.842. The zero-order valence-electron chi connectivity index (χ0n) is 14.1. The molecule has 3 aromatic heterocycles. The van der Waals surface area contributed by atoms with Gasteiger partial charge in [0.05, 0.1) is 9.21 Å². The van der Waals surface area contributed by atoms with Crippen LogP contribution in [0, 0.1) is 13.8 Å². The molecule has 26 heavy (non-hydrogen) atoms. The molecule has 5 nitrogen and oxygen atoms in total. The summed E-state index contributed by atoms with van der Waals surface area (Å²) >= 11 is 8.50. The third-order valence-corrected chi connectivity index (χ3v) is 5.70. The van der Waals surface area contributed by atoms with Crippen LogP contribution in [0.3, 0.4) is 0 Å². The summed E-state index contributed by atoms with van der Waals surface area (Å²) in [5.41, 5.74) is 2.90. The van der Waals surface area contributed by atoms with Gasteiger partial charge in [0.2, 0.25) is 5.78 Å². The van der Waals surface area contributed by atoms with Gasteiger partial charge in [-0.25, -0.2) is 9.78 Å². The molecule has 0 saturated carbocycles. The second-order valence-corrected chi connectivity index (χ2v) is 8.03. The first-order chi connectivity index (χ1) is 12.5. The number of ether oxygens (including phenoxy) is 1. The normalized spacial score (nSPS) is 11.2. The van der Waals surface area contributed by atoms with Crippen LogP contribution in [0.2, 0.25) is 4.34 Å². The first-order valence-corrected chi connectivity index (χ1v) is 9.75. The number of hydrogen-bond donors (Lipinski definition) is 0. The summed E-state index contributed by atoms with van der Waals surface area (Å²) in [5, 5.41) is 2.79. The van der Waals surface area contributed by atoms with Gasteiger partial charge in [-0.15, -0.1) is 22.7 Å². The summed E-state index contributed by atoms with van der Waals surface area (Å²) in [7, 11) is 0. The van der Waals surface area contributed by atoms with E-state index in [4.69, 9.17) is 16.3 Å². The number of aromatic nitrogens is 2. The van der Waals surface area contributed by atoms with E-state index in [9.17, 15) is 9.59 Å². The van der Waals surface area contributed by atoms with E-state index in [1.165, 1.54) is 6.08 Å². The van der Waals surface area contributed by atoms with Gasteiger partial charge < -0.3 is 4.74 Å². The summed E-state index contributed by atoms with van der Waals surface area (Å²) in [6.07, 6.45) is 4.76. The van der Waals surface area contributed by atoms with E-state index in [2.05, 4.69) is 4.98 Å². The molecule has 0 bridgehead atoms. The highest BCUT2D eigenvalue weighted by atomic mass is 35.5. The van der Waals surface area contributed by atoms with Crippen molar-refractivity contribution < 1.29 is 14.3 Å². The van der Waals surface area contributed by atoms with Gasteiger partial charge in [-0.05, 0) is 43.7 Å². The van der Waals surface area contributed by atoms with Crippen LogP contribution in [-0.2, 0) is 9.53 Å². The highest BCUT2D eigenvalue weighted by Gasteiger charge is 2.12. The van der Waals surface area contributed by atoms with E-state index in [0.29, 0.717) is 9.21 Å². The molecule has 0 aliphatic heterocycles. The van der Waals surface area contributed by atoms with Crippen molar-refractivity contribution in [2.24, 2.45) is 0 Å². The van der Waals surface area contributed by atoms with Gasteiger partial charge in [0.25, 0.3) is 0 Å². The molecule has 0 aliphatic rings. The van der Waals surface area contributed by atoms with Crippen LogP contribution in [0.25, 0.3) is 11.2 Å². The van der Waals surface area contributed by atoms with Crippen LogP contribution in [0.4, 0.5) is 0 Å². The first-order valence-electron chi connectivity index (χ1n) is 7.68. The lowest BCUT2D eigenvalue weighted by atomic mass is 10.2. The number of ketones is 1. The third kappa shape index (κ3) is 4.12.